The van der Waals surface area contributed by atoms with Crippen LogP contribution >= 0.6 is 0 Å². The Morgan fingerprint density at radius 1 is 0.786 bits per heavy atom. The zero-order valence-electron chi connectivity index (χ0n) is 15.0. The fraction of sp³-hybridized carbons (Fsp3) is 0.0833. The fourth-order valence-electron chi connectivity index (χ4n) is 3.36. The van der Waals surface area contributed by atoms with Gasteiger partial charge in [-0.05, 0) is 33.2 Å². The molecular formula is C24H18O4. The van der Waals surface area contributed by atoms with E-state index in [9.17, 15) is 14.7 Å². The first kappa shape index (κ1) is 17.7. The number of rotatable bonds is 5. The van der Waals surface area contributed by atoms with Crippen LogP contribution in [0.2, 0.25) is 0 Å². The maximum Gasteiger partial charge on any atom is 0.345 e. The summed E-state index contributed by atoms with van der Waals surface area (Å²) in [5.74, 6) is -1.80. The fourth-order valence-corrected chi connectivity index (χ4v) is 3.36. The summed E-state index contributed by atoms with van der Waals surface area (Å²) in [7, 11) is 0. The van der Waals surface area contributed by atoms with E-state index >= 15 is 0 Å². The highest BCUT2D eigenvalue weighted by Gasteiger charge is 2.24. The zero-order chi connectivity index (χ0) is 19.5. The Hall–Kier alpha value is -3.66. The molecule has 0 saturated carbocycles. The highest BCUT2D eigenvalue weighted by Crippen LogP contribution is 2.21. The summed E-state index contributed by atoms with van der Waals surface area (Å²) in [6.07, 6.45) is -1.15. The molecule has 0 unspecified atom stereocenters. The minimum atomic E-state index is -1.26. The molecule has 4 aromatic rings. The van der Waals surface area contributed by atoms with Gasteiger partial charge in [0.15, 0.2) is 0 Å². The number of benzene rings is 4. The lowest BCUT2D eigenvalue weighted by atomic mass is 10.0. The molecule has 4 nitrogen and oxygen atoms in total. The molecule has 0 amide bonds. The second-order valence-electron chi connectivity index (χ2n) is 6.64. The number of carbonyl (C=O) groups is 2. The topological polar surface area (TPSA) is 63.6 Å². The number of aliphatic carboxylic acids is 1. The van der Waals surface area contributed by atoms with Crippen molar-refractivity contribution < 1.29 is 19.4 Å². The molecule has 0 bridgehead atoms. The molecule has 4 heteroatoms. The maximum absolute atomic E-state index is 12.7. The van der Waals surface area contributed by atoms with Crippen molar-refractivity contribution in [2.75, 3.05) is 0 Å². The molecule has 0 fully saturated rings. The van der Waals surface area contributed by atoms with E-state index in [2.05, 4.69) is 0 Å². The Bertz CT molecular complexity index is 1170. The largest absolute Gasteiger partial charge is 0.478 e. The minimum Gasteiger partial charge on any atom is -0.478 e. The molecule has 0 aliphatic rings. The number of carbonyl (C=O) groups excluding carboxylic acids is 1. The van der Waals surface area contributed by atoms with Crippen molar-refractivity contribution in [2.45, 2.75) is 12.5 Å². The van der Waals surface area contributed by atoms with E-state index < -0.39 is 18.0 Å². The number of hydrogen-bond donors (Lipinski definition) is 1. The number of carboxylic acid groups (broad SMARTS) is 1. The van der Waals surface area contributed by atoms with Crippen LogP contribution in [0.4, 0.5) is 0 Å². The van der Waals surface area contributed by atoms with Crippen molar-refractivity contribution in [1.82, 2.24) is 0 Å². The molecule has 1 atom stereocenters. The highest BCUT2D eigenvalue weighted by atomic mass is 16.6. The molecule has 0 heterocycles. The molecule has 0 radical (unpaired) electrons. The lowest BCUT2D eigenvalue weighted by Crippen LogP contribution is -2.29. The third kappa shape index (κ3) is 3.58. The van der Waals surface area contributed by atoms with Gasteiger partial charge >= 0.3 is 11.9 Å². The summed E-state index contributed by atoms with van der Waals surface area (Å²) in [6, 6.07) is 26.3. The van der Waals surface area contributed by atoms with Crippen molar-refractivity contribution in [3.8, 4) is 0 Å². The molecule has 4 aromatic carbocycles. The summed E-state index contributed by atoms with van der Waals surface area (Å²) >= 11 is 0. The summed E-state index contributed by atoms with van der Waals surface area (Å²) < 4.78 is 5.38. The first-order valence-corrected chi connectivity index (χ1v) is 9.01. The van der Waals surface area contributed by atoms with Crippen molar-refractivity contribution in [1.29, 1.82) is 0 Å². The molecule has 0 aromatic heterocycles. The maximum atomic E-state index is 12.7. The zero-order valence-corrected chi connectivity index (χ0v) is 15.0. The average molecular weight is 370 g/mol. The summed E-state index contributed by atoms with van der Waals surface area (Å²) in [6.45, 7) is 0. The smallest absolute Gasteiger partial charge is 0.345 e. The van der Waals surface area contributed by atoms with E-state index in [0.29, 0.717) is 5.56 Å². The van der Waals surface area contributed by atoms with Gasteiger partial charge in [0.05, 0.1) is 5.56 Å². The van der Waals surface area contributed by atoms with Gasteiger partial charge in [0.25, 0.3) is 0 Å². The van der Waals surface area contributed by atoms with E-state index in [1.165, 1.54) is 0 Å². The predicted molar refractivity (Wildman–Crippen MR) is 108 cm³/mol. The van der Waals surface area contributed by atoms with Crippen LogP contribution in [-0.4, -0.2) is 23.1 Å². The van der Waals surface area contributed by atoms with Crippen LogP contribution in [0, 0.1) is 0 Å². The second-order valence-corrected chi connectivity index (χ2v) is 6.64. The van der Waals surface area contributed by atoms with Gasteiger partial charge in [-0.3, -0.25) is 0 Å². The number of fused-ring (bicyclic) bond motifs is 2. The van der Waals surface area contributed by atoms with E-state index in [0.717, 1.165) is 27.1 Å². The molecule has 0 aliphatic heterocycles. The summed E-state index contributed by atoms with van der Waals surface area (Å²) in [5, 5.41) is 13.3. The van der Waals surface area contributed by atoms with Crippen molar-refractivity contribution in [2.24, 2.45) is 0 Å². The predicted octanol–water partition coefficient (Wildman–Crippen LogP) is 4.85. The molecular weight excluding hydrogens is 352 g/mol. The molecule has 4 rings (SSSR count). The molecule has 0 spiro atoms. The average Bonchev–Trinajstić information content (AvgIpc) is 2.72. The Labute approximate surface area is 162 Å². The number of esters is 1. The minimum absolute atomic E-state index is 0.108. The van der Waals surface area contributed by atoms with E-state index in [4.69, 9.17) is 4.74 Å². The number of carboxylic acids is 1. The molecule has 0 aliphatic carbocycles. The van der Waals surface area contributed by atoms with Crippen LogP contribution in [0.25, 0.3) is 21.5 Å². The Balaban J connectivity index is 1.59. The van der Waals surface area contributed by atoms with Crippen LogP contribution in [0.15, 0.2) is 84.9 Å². The molecule has 0 saturated heterocycles. The molecule has 1 N–H and O–H groups in total. The summed E-state index contributed by atoms with van der Waals surface area (Å²) in [4.78, 5) is 24.4. The molecule has 138 valence electrons. The quantitative estimate of drug-likeness (QED) is 0.510. The van der Waals surface area contributed by atoms with Crippen molar-refractivity contribution in [3.63, 3.8) is 0 Å². The van der Waals surface area contributed by atoms with Crippen LogP contribution < -0.4 is 0 Å². The van der Waals surface area contributed by atoms with Gasteiger partial charge in [-0.15, -0.1) is 0 Å². The standard InChI is InChI=1S/C24H18O4/c25-23(26)22(15-16-12-13-17-6-1-2-8-19(17)14-16)28-24(27)21-11-5-9-18-7-3-4-10-20(18)21/h1-14,22H,15H2,(H,25,26)/t22-/m1/s1. The van der Waals surface area contributed by atoms with Gasteiger partial charge < -0.3 is 9.84 Å². The lowest BCUT2D eigenvalue weighted by molar-refractivity contribution is -0.147. The third-order valence-corrected chi connectivity index (χ3v) is 4.77. The third-order valence-electron chi connectivity index (χ3n) is 4.77. The first-order valence-electron chi connectivity index (χ1n) is 9.01. The number of hydrogen-bond acceptors (Lipinski definition) is 3. The van der Waals surface area contributed by atoms with E-state index in [1.54, 1.807) is 12.1 Å². The lowest BCUT2D eigenvalue weighted by Gasteiger charge is -2.15. The monoisotopic (exact) mass is 370 g/mol. The van der Waals surface area contributed by atoms with E-state index in [-0.39, 0.29) is 6.42 Å². The van der Waals surface area contributed by atoms with Gasteiger partial charge in [-0.2, -0.15) is 0 Å². The SMILES string of the molecule is O=C(O[C@H](Cc1ccc2ccccc2c1)C(=O)O)c1cccc2ccccc12. The van der Waals surface area contributed by atoms with Crippen molar-refractivity contribution >= 4 is 33.5 Å². The summed E-state index contributed by atoms with van der Waals surface area (Å²) in [5.41, 5.74) is 1.17. The second kappa shape index (κ2) is 7.53. The number of ether oxygens (including phenoxy) is 1. The Kier molecular flexibility index (Phi) is 4.77. The van der Waals surface area contributed by atoms with Crippen LogP contribution in [0.1, 0.15) is 15.9 Å². The first-order chi connectivity index (χ1) is 13.6. The van der Waals surface area contributed by atoms with E-state index in [1.807, 2.05) is 72.8 Å². The molecule has 28 heavy (non-hydrogen) atoms. The Morgan fingerprint density at radius 2 is 1.46 bits per heavy atom. The van der Waals surface area contributed by atoms with Gasteiger partial charge in [-0.25, -0.2) is 9.59 Å². The van der Waals surface area contributed by atoms with Crippen LogP contribution in [0.5, 0.6) is 0 Å². The van der Waals surface area contributed by atoms with Crippen molar-refractivity contribution in [3.05, 3.63) is 96.1 Å². The van der Waals surface area contributed by atoms with Gasteiger partial charge in [0.2, 0.25) is 6.10 Å². The normalized spacial score (nSPS) is 12.0. The highest BCUT2D eigenvalue weighted by molar-refractivity contribution is 6.05. The van der Waals surface area contributed by atoms with Crippen LogP contribution in [-0.2, 0) is 16.0 Å². The van der Waals surface area contributed by atoms with Gasteiger partial charge in [0, 0.05) is 6.42 Å². The van der Waals surface area contributed by atoms with Gasteiger partial charge in [0.1, 0.15) is 0 Å². The van der Waals surface area contributed by atoms with Crippen LogP contribution in [0.3, 0.4) is 0 Å². The Morgan fingerprint density at radius 3 is 2.25 bits per heavy atom. The van der Waals surface area contributed by atoms with Gasteiger partial charge in [-0.1, -0.05) is 78.9 Å².